The van der Waals surface area contributed by atoms with Crippen molar-refractivity contribution in [1.82, 2.24) is 5.32 Å². The predicted molar refractivity (Wildman–Crippen MR) is 154 cm³/mol. The number of nitrogens with one attached hydrogen (secondary N) is 1. The zero-order valence-electron chi connectivity index (χ0n) is 25.8. The number of rotatable bonds is 9. The Kier molecular flexibility index (Phi) is 9.84. The van der Waals surface area contributed by atoms with Crippen LogP contribution in [0.3, 0.4) is 0 Å². The highest BCUT2D eigenvalue weighted by atomic mass is 16.7. The van der Waals surface area contributed by atoms with E-state index in [9.17, 15) is 35.1 Å². The number of hydrogen-bond acceptors (Lipinski definition) is 9. The van der Waals surface area contributed by atoms with Crippen LogP contribution in [0.15, 0.2) is 0 Å². The first-order valence-electron chi connectivity index (χ1n) is 16.4. The second-order valence-electron chi connectivity index (χ2n) is 14.9. The molecule has 5 aliphatic rings. The third-order valence-corrected chi connectivity index (χ3v) is 12.9. The van der Waals surface area contributed by atoms with Gasteiger partial charge in [0.15, 0.2) is 6.29 Å². The summed E-state index contributed by atoms with van der Waals surface area (Å²) in [4.78, 5) is 23.0. The van der Waals surface area contributed by atoms with Gasteiger partial charge in [0.05, 0.1) is 18.8 Å². The number of ether oxygens (including phenoxy) is 2. The fraction of sp³-hybridized carbons (Fsp3) is 0.938. The van der Waals surface area contributed by atoms with Gasteiger partial charge in [-0.1, -0.05) is 20.8 Å². The van der Waals surface area contributed by atoms with Crippen molar-refractivity contribution in [3.05, 3.63) is 0 Å². The normalized spacial score (nSPS) is 48.5. The first-order valence-corrected chi connectivity index (χ1v) is 16.4. The first kappa shape index (κ1) is 33.0. The molecular weight excluding hydrogens is 558 g/mol. The first-order chi connectivity index (χ1) is 20.3. The van der Waals surface area contributed by atoms with Gasteiger partial charge in [-0.3, -0.25) is 9.59 Å². The molecule has 5 rings (SSSR count). The number of carbonyl (C=O) groups is 2. The summed E-state index contributed by atoms with van der Waals surface area (Å²) in [5.41, 5.74) is -0.142. The lowest BCUT2D eigenvalue weighted by Crippen LogP contribution is -2.61. The number of aliphatic hydroxyl groups is 5. The van der Waals surface area contributed by atoms with Gasteiger partial charge < -0.3 is 45.4 Å². The minimum absolute atomic E-state index is 0.0619. The van der Waals surface area contributed by atoms with E-state index >= 15 is 0 Å². The summed E-state index contributed by atoms with van der Waals surface area (Å²) in [5.74, 6) is 1.04. The second kappa shape index (κ2) is 12.8. The number of aliphatic carboxylic acids is 1. The van der Waals surface area contributed by atoms with Gasteiger partial charge in [-0.25, -0.2) is 0 Å². The minimum atomic E-state index is -1.45. The molecule has 43 heavy (non-hydrogen) atoms. The highest BCUT2D eigenvalue weighted by molar-refractivity contribution is 5.81. The van der Waals surface area contributed by atoms with Gasteiger partial charge in [-0.15, -0.1) is 0 Å². The highest BCUT2D eigenvalue weighted by Crippen LogP contribution is 2.68. The van der Waals surface area contributed by atoms with Crippen LogP contribution >= 0.6 is 0 Å². The van der Waals surface area contributed by atoms with Gasteiger partial charge in [-0.05, 0) is 104 Å². The van der Waals surface area contributed by atoms with Crippen molar-refractivity contribution in [3.63, 3.8) is 0 Å². The molecule has 1 heterocycles. The highest BCUT2D eigenvalue weighted by Gasteiger charge is 2.64. The molecule has 246 valence electrons. The summed E-state index contributed by atoms with van der Waals surface area (Å²) >= 11 is 0. The molecule has 0 bridgehead atoms. The fourth-order valence-corrected chi connectivity index (χ4v) is 10.5. The van der Waals surface area contributed by atoms with E-state index in [0.717, 1.165) is 51.4 Å². The predicted octanol–water partition coefficient (Wildman–Crippen LogP) is 1.42. The number of hydrogen-bond donors (Lipinski definition) is 7. The zero-order valence-corrected chi connectivity index (χ0v) is 25.8. The van der Waals surface area contributed by atoms with Crippen LogP contribution in [0.1, 0.15) is 85.0 Å². The van der Waals surface area contributed by atoms with Crippen molar-refractivity contribution < 1.29 is 49.7 Å². The molecule has 0 radical (unpaired) electrons. The van der Waals surface area contributed by atoms with Gasteiger partial charge in [0.2, 0.25) is 5.91 Å². The van der Waals surface area contributed by atoms with Gasteiger partial charge >= 0.3 is 5.97 Å². The molecule has 1 aliphatic heterocycles. The molecule has 0 aromatic rings. The molecule has 11 heteroatoms. The van der Waals surface area contributed by atoms with Crippen LogP contribution < -0.4 is 5.32 Å². The quantitative estimate of drug-likeness (QED) is 0.188. The molecule has 4 saturated carbocycles. The molecule has 0 aromatic carbocycles. The van der Waals surface area contributed by atoms with Crippen LogP contribution in [0.25, 0.3) is 0 Å². The van der Waals surface area contributed by atoms with E-state index in [4.69, 9.17) is 14.6 Å². The Bertz CT molecular complexity index is 1010. The van der Waals surface area contributed by atoms with Crippen molar-refractivity contribution in [3.8, 4) is 0 Å². The molecule has 0 aromatic heterocycles. The van der Waals surface area contributed by atoms with Crippen LogP contribution in [0, 0.1) is 46.3 Å². The molecule has 11 nitrogen and oxygen atoms in total. The fourth-order valence-electron chi connectivity index (χ4n) is 10.5. The molecule has 0 spiro atoms. The molecule has 7 N–H and O–H groups in total. The SMILES string of the molecule is C[C@H](CCC(=O)NCC(=O)O)[C@H]1CC[C@H]2[C@@H]3CC[C@@H]4C[C@H](O[C@@H]5O[C@H](CO)[C@@H](O)[C@H](O)[C@H]5O)CC[C@]4(C)[C@H]3C[C@H](O)[C@]12C. The number of carboxylic acid groups (broad SMARTS) is 1. The maximum absolute atomic E-state index is 12.2. The van der Waals surface area contributed by atoms with Crippen LogP contribution in [0.2, 0.25) is 0 Å². The lowest BCUT2D eigenvalue weighted by molar-refractivity contribution is -0.316. The maximum atomic E-state index is 12.2. The van der Waals surface area contributed by atoms with Crippen molar-refractivity contribution in [2.24, 2.45) is 46.3 Å². The average Bonchev–Trinajstić information content (AvgIpc) is 3.34. The summed E-state index contributed by atoms with van der Waals surface area (Å²) in [6.45, 7) is 5.99. The van der Waals surface area contributed by atoms with E-state index in [1.165, 1.54) is 0 Å². The topological polar surface area (TPSA) is 186 Å². The van der Waals surface area contributed by atoms with E-state index in [2.05, 4.69) is 26.1 Å². The average molecular weight is 612 g/mol. The summed E-state index contributed by atoms with van der Waals surface area (Å²) in [5, 5.41) is 63.4. The van der Waals surface area contributed by atoms with Crippen LogP contribution in [0.5, 0.6) is 0 Å². The van der Waals surface area contributed by atoms with Crippen LogP contribution in [-0.2, 0) is 19.1 Å². The third kappa shape index (κ3) is 6.00. The Labute approximate surface area is 254 Å². The summed E-state index contributed by atoms with van der Waals surface area (Å²) in [6, 6.07) is 0. The van der Waals surface area contributed by atoms with Crippen LogP contribution in [-0.4, -0.2) is 98.6 Å². The Morgan fingerprint density at radius 2 is 1.72 bits per heavy atom. The lowest BCUT2D eigenvalue weighted by Gasteiger charge is -2.62. The smallest absolute Gasteiger partial charge is 0.322 e. The Morgan fingerprint density at radius 3 is 2.42 bits per heavy atom. The standard InChI is InChI=1S/C32H53NO10/c1-16(4-9-25(36)33-14-26(37)38)20-7-8-21-19-6-5-17-12-18(42-30-29(41)28(40)27(39)23(15-34)43-30)10-11-31(17,2)22(19)13-24(35)32(20,21)3/h16-24,27-30,34-35,39-41H,4-15H2,1-3H3,(H,33,36)(H,37,38)/t16-,17-,18-,19+,20-,21+,22+,23-,24+,27-,28+,29-,30-,31+,32-/m1/s1. The van der Waals surface area contributed by atoms with Crippen molar-refractivity contribution in [1.29, 1.82) is 0 Å². The molecule has 15 atom stereocenters. The number of carbonyl (C=O) groups excluding carboxylic acids is 1. The molecule has 1 amide bonds. The van der Waals surface area contributed by atoms with E-state index in [1.54, 1.807) is 0 Å². The monoisotopic (exact) mass is 611 g/mol. The van der Waals surface area contributed by atoms with E-state index in [1.807, 2.05) is 0 Å². The maximum Gasteiger partial charge on any atom is 0.322 e. The summed E-state index contributed by atoms with van der Waals surface area (Å²) in [7, 11) is 0. The second-order valence-corrected chi connectivity index (χ2v) is 14.9. The van der Waals surface area contributed by atoms with Gasteiger partial charge in [0, 0.05) is 6.42 Å². The Morgan fingerprint density at radius 1 is 0.977 bits per heavy atom. The van der Waals surface area contributed by atoms with Gasteiger partial charge in [0.1, 0.15) is 31.0 Å². The zero-order chi connectivity index (χ0) is 31.3. The number of fused-ring (bicyclic) bond motifs is 5. The van der Waals surface area contributed by atoms with Crippen molar-refractivity contribution in [2.45, 2.75) is 128 Å². The molecular formula is C32H53NO10. The van der Waals surface area contributed by atoms with E-state index in [-0.39, 0.29) is 35.3 Å². The number of amides is 1. The minimum Gasteiger partial charge on any atom is -0.480 e. The van der Waals surface area contributed by atoms with E-state index < -0.39 is 49.4 Å². The van der Waals surface area contributed by atoms with Gasteiger partial charge in [0.25, 0.3) is 0 Å². The largest absolute Gasteiger partial charge is 0.480 e. The molecule has 1 saturated heterocycles. The summed E-state index contributed by atoms with van der Waals surface area (Å²) in [6.07, 6.45) is 1.58. The van der Waals surface area contributed by atoms with E-state index in [0.29, 0.717) is 42.4 Å². The molecule has 5 fully saturated rings. The summed E-state index contributed by atoms with van der Waals surface area (Å²) < 4.78 is 11.8. The molecule has 4 aliphatic carbocycles. The van der Waals surface area contributed by atoms with Crippen molar-refractivity contribution in [2.75, 3.05) is 13.2 Å². The lowest BCUT2D eigenvalue weighted by atomic mass is 9.43. The van der Waals surface area contributed by atoms with Crippen molar-refractivity contribution >= 4 is 11.9 Å². The third-order valence-electron chi connectivity index (χ3n) is 12.9. The van der Waals surface area contributed by atoms with Crippen LogP contribution in [0.4, 0.5) is 0 Å². The number of carboxylic acids is 1. The number of aliphatic hydroxyl groups excluding tert-OH is 5. The Balaban J connectivity index is 1.21. The Hall–Kier alpha value is -1.34. The molecule has 0 unspecified atom stereocenters. The van der Waals surface area contributed by atoms with Gasteiger partial charge in [-0.2, -0.15) is 0 Å².